The first-order valence-corrected chi connectivity index (χ1v) is 7.52. The highest BCUT2D eigenvalue weighted by molar-refractivity contribution is 7.07. The lowest BCUT2D eigenvalue weighted by Crippen LogP contribution is -2.25. The lowest BCUT2D eigenvalue weighted by atomic mass is 10.2. The number of carbonyl (C=O) groups excluding carboxylic acids is 2. The average molecular weight is 302 g/mol. The second-order valence-electron chi connectivity index (χ2n) is 4.73. The third-order valence-corrected chi connectivity index (χ3v) is 3.85. The minimum atomic E-state index is -0.191. The number of amides is 2. The molecule has 0 saturated carbocycles. The van der Waals surface area contributed by atoms with E-state index in [1.54, 1.807) is 29.5 Å². The van der Waals surface area contributed by atoms with E-state index in [1.165, 1.54) is 5.56 Å². The highest BCUT2D eigenvalue weighted by atomic mass is 32.1. The molecular formula is C15H14N2O3S. The van der Waals surface area contributed by atoms with Gasteiger partial charge in [0.25, 0.3) is 5.91 Å². The van der Waals surface area contributed by atoms with Crippen LogP contribution in [0.15, 0.2) is 35.0 Å². The van der Waals surface area contributed by atoms with E-state index in [0.717, 1.165) is 6.42 Å². The maximum absolute atomic E-state index is 11.9. The van der Waals surface area contributed by atoms with Gasteiger partial charge in [0.15, 0.2) is 6.61 Å². The van der Waals surface area contributed by atoms with E-state index in [9.17, 15) is 9.59 Å². The fourth-order valence-corrected chi connectivity index (χ4v) is 2.78. The molecule has 1 aliphatic heterocycles. The lowest BCUT2D eigenvalue weighted by Gasteiger charge is -2.18. The highest BCUT2D eigenvalue weighted by Crippen LogP contribution is 2.30. The number of nitrogens with one attached hydrogen (secondary N) is 2. The fourth-order valence-electron chi connectivity index (χ4n) is 2.08. The molecule has 2 heterocycles. The van der Waals surface area contributed by atoms with Crippen molar-refractivity contribution in [3.63, 3.8) is 0 Å². The van der Waals surface area contributed by atoms with Gasteiger partial charge in [0, 0.05) is 12.1 Å². The quantitative estimate of drug-likeness (QED) is 0.912. The molecule has 0 spiro atoms. The third-order valence-electron chi connectivity index (χ3n) is 3.12. The summed E-state index contributed by atoms with van der Waals surface area (Å²) in [6.07, 6.45) is 1.15. The van der Waals surface area contributed by atoms with Gasteiger partial charge < -0.3 is 15.4 Å². The van der Waals surface area contributed by atoms with Crippen molar-refractivity contribution in [2.75, 3.05) is 17.2 Å². The molecule has 5 nitrogen and oxygen atoms in total. The number of aryl methyl sites for hydroxylation is 1. The lowest BCUT2D eigenvalue weighted by molar-refractivity contribution is -0.118. The van der Waals surface area contributed by atoms with Crippen LogP contribution in [0, 0.1) is 0 Å². The zero-order valence-corrected chi connectivity index (χ0v) is 12.0. The monoisotopic (exact) mass is 302 g/mol. The molecule has 0 saturated heterocycles. The Bertz CT molecular complexity index is 668. The van der Waals surface area contributed by atoms with Gasteiger partial charge in [0.1, 0.15) is 5.75 Å². The fraction of sp³-hybridized carbons (Fsp3) is 0.200. The summed E-state index contributed by atoms with van der Waals surface area (Å²) in [5, 5.41) is 9.58. The third kappa shape index (κ3) is 3.41. The summed E-state index contributed by atoms with van der Waals surface area (Å²) in [7, 11) is 0. The Morgan fingerprint density at radius 3 is 3.10 bits per heavy atom. The summed E-state index contributed by atoms with van der Waals surface area (Å²) in [6.45, 7) is 0.0271. The maximum atomic E-state index is 11.9. The predicted molar refractivity (Wildman–Crippen MR) is 81.8 cm³/mol. The van der Waals surface area contributed by atoms with Crippen molar-refractivity contribution >= 4 is 34.5 Å². The number of hydrogen-bond acceptors (Lipinski definition) is 4. The van der Waals surface area contributed by atoms with Gasteiger partial charge in [-0.2, -0.15) is 11.3 Å². The highest BCUT2D eigenvalue weighted by Gasteiger charge is 2.16. The Hall–Kier alpha value is -2.34. The molecular weight excluding hydrogens is 288 g/mol. The Morgan fingerprint density at radius 1 is 1.38 bits per heavy atom. The Morgan fingerprint density at radius 2 is 2.29 bits per heavy atom. The minimum absolute atomic E-state index is 0.0271. The molecule has 0 aliphatic carbocycles. The number of ether oxygens (including phenoxy) is 1. The van der Waals surface area contributed by atoms with E-state index in [0.29, 0.717) is 23.5 Å². The summed E-state index contributed by atoms with van der Waals surface area (Å²) < 4.78 is 5.27. The first kappa shape index (κ1) is 13.6. The molecule has 1 aromatic heterocycles. The standard InChI is InChI=1S/C15H14N2O3S/c18-14(4-1-10-5-6-21-9-10)16-11-2-3-13-12(7-11)17-15(19)8-20-13/h2-3,5-7,9H,1,4,8H2,(H,16,18)(H,17,19). The molecule has 21 heavy (non-hydrogen) atoms. The summed E-state index contributed by atoms with van der Waals surface area (Å²) in [5.74, 6) is 0.374. The van der Waals surface area contributed by atoms with Crippen LogP contribution in [0.25, 0.3) is 0 Å². The topological polar surface area (TPSA) is 67.4 Å². The van der Waals surface area contributed by atoms with Gasteiger partial charge >= 0.3 is 0 Å². The average Bonchev–Trinajstić information content (AvgIpc) is 2.98. The van der Waals surface area contributed by atoms with Crippen LogP contribution in [-0.2, 0) is 16.0 Å². The Balaban J connectivity index is 1.61. The van der Waals surface area contributed by atoms with E-state index in [1.807, 2.05) is 16.8 Å². The van der Waals surface area contributed by atoms with Crippen LogP contribution in [0.3, 0.4) is 0 Å². The summed E-state index contributed by atoms with van der Waals surface area (Å²) in [5.41, 5.74) is 2.40. The molecule has 0 unspecified atom stereocenters. The first-order chi connectivity index (χ1) is 10.2. The van der Waals surface area contributed by atoms with E-state index in [2.05, 4.69) is 10.6 Å². The number of anilines is 2. The van der Waals surface area contributed by atoms with Gasteiger partial charge in [-0.05, 0) is 47.0 Å². The number of benzene rings is 1. The van der Waals surface area contributed by atoms with Crippen LogP contribution in [-0.4, -0.2) is 18.4 Å². The molecule has 2 aromatic rings. The molecule has 108 valence electrons. The van der Waals surface area contributed by atoms with Crippen molar-refractivity contribution in [1.82, 2.24) is 0 Å². The number of thiophene rings is 1. The number of rotatable bonds is 4. The second kappa shape index (κ2) is 5.97. The molecule has 0 atom stereocenters. The van der Waals surface area contributed by atoms with Gasteiger partial charge in [0.2, 0.25) is 5.91 Å². The molecule has 3 rings (SSSR count). The van der Waals surface area contributed by atoms with Gasteiger partial charge in [-0.25, -0.2) is 0 Å². The minimum Gasteiger partial charge on any atom is -0.482 e. The van der Waals surface area contributed by atoms with Crippen molar-refractivity contribution < 1.29 is 14.3 Å². The van der Waals surface area contributed by atoms with E-state index in [4.69, 9.17) is 4.74 Å². The molecule has 1 aliphatic rings. The van der Waals surface area contributed by atoms with Gasteiger partial charge in [-0.15, -0.1) is 0 Å². The van der Waals surface area contributed by atoms with E-state index in [-0.39, 0.29) is 18.4 Å². The van der Waals surface area contributed by atoms with Gasteiger partial charge in [-0.1, -0.05) is 0 Å². The van der Waals surface area contributed by atoms with Crippen LogP contribution in [0.4, 0.5) is 11.4 Å². The molecule has 2 amide bonds. The van der Waals surface area contributed by atoms with Crippen LogP contribution in [0.5, 0.6) is 5.75 Å². The summed E-state index contributed by atoms with van der Waals surface area (Å²) >= 11 is 1.63. The van der Waals surface area contributed by atoms with Crippen molar-refractivity contribution in [3.05, 3.63) is 40.6 Å². The van der Waals surface area contributed by atoms with E-state index < -0.39 is 0 Å². The summed E-state index contributed by atoms with van der Waals surface area (Å²) in [4.78, 5) is 23.2. The van der Waals surface area contributed by atoms with Crippen molar-refractivity contribution in [2.45, 2.75) is 12.8 Å². The van der Waals surface area contributed by atoms with Gasteiger partial charge in [0.05, 0.1) is 5.69 Å². The molecule has 0 radical (unpaired) electrons. The molecule has 1 aromatic carbocycles. The maximum Gasteiger partial charge on any atom is 0.262 e. The van der Waals surface area contributed by atoms with Crippen LogP contribution in [0.1, 0.15) is 12.0 Å². The van der Waals surface area contributed by atoms with Crippen LogP contribution < -0.4 is 15.4 Å². The van der Waals surface area contributed by atoms with E-state index >= 15 is 0 Å². The van der Waals surface area contributed by atoms with Crippen molar-refractivity contribution in [2.24, 2.45) is 0 Å². The number of carbonyl (C=O) groups is 2. The second-order valence-corrected chi connectivity index (χ2v) is 5.51. The smallest absolute Gasteiger partial charge is 0.262 e. The molecule has 6 heteroatoms. The van der Waals surface area contributed by atoms with Crippen molar-refractivity contribution in [1.29, 1.82) is 0 Å². The number of hydrogen-bond donors (Lipinski definition) is 2. The van der Waals surface area contributed by atoms with Crippen LogP contribution in [0.2, 0.25) is 0 Å². The molecule has 0 bridgehead atoms. The largest absolute Gasteiger partial charge is 0.482 e. The predicted octanol–water partition coefficient (Wildman–Crippen LogP) is 2.65. The first-order valence-electron chi connectivity index (χ1n) is 6.58. The number of fused-ring (bicyclic) bond motifs is 1. The zero-order chi connectivity index (χ0) is 14.7. The Kier molecular flexibility index (Phi) is 3.87. The zero-order valence-electron chi connectivity index (χ0n) is 11.2. The van der Waals surface area contributed by atoms with Crippen molar-refractivity contribution in [3.8, 4) is 5.75 Å². The normalized spacial score (nSPS) is 13.0. The Labute approximate surface area is 125 Å². The molecule has 0 fully saturated rings. The SMILES string of the molecule is O=C(CCc1ccsc1)Nc1ccc2c(c1)NC(=O)CO2. The van der Waals surface area contributed by atoms with Crippen LogP contribution >= 0.6 is 11.3 Å². The molecule has 2 N–H and O–H groups in total. The summed E-state index contributed by atoms with van der Waals surface area (Å²) in [6, 6.07) is 7.22. The van der Waals surface area contributed by atoms with Gasteiger partial charge in [-0.3, -0.25) is 9.59 Å².